The van der Waals surface area contributed by atoms with Gasteiger partial charge in [0.25, 0.3) is 0 Å². The highest BCUT2D eigenvalue weighted by Crippen LogP contribution is 2.26. The van der Waals surface area contributed by atoms with E-state index in [0.717, 1.165) is 0 Å². The normalized spacial score (nSPS) is 14.7. The number of halogens is 2. The van der Waals surface area contributed by atoms with E-state index < -0.39 is 21.3 Å². The number of sulfonamides is 1. The molecule has 4 nitrogen and oxygen atoms in total. The Labute approximate surface area is 123 Å². The Morgan fingerprint density at radius 3 is 2.53 bits per heavy atom. The molecule has 1 aromatic carbocycles. The van der Waals surface area contributed by atoms with Gasteiger partial charge in [-0.05, 0) is 31.0 Å². The number of nitrogens with one attached hydrogen (secondary N) is 1. The second-order valence-electron chi connectivity index (χ2n) is 4.08. The lowest BCUT2D eigenvalue weighted by atomic mass is 10.1. The molecule has 1 N–H and O–H groups in total. The maximum absolute atomic E-state index is 12.0. The highest BCUT2D eigenvalue weighted by atomic mass is 35.5. The number of benzene rings is 1. The molecule has 1 aromatic rings. The van der Waals surface area contributed by atoms with E-state index in [9.17, 15) is 8.42 Å². The molecule has 0 aliphatic carbocycles. The van der Waals surface area contributed by atoms with Crippen molar-refractivity contribution in [3.63, 3.8) is 0 Å². The molecule has 0 aliphatic rings. The Hall–Kier alpha value is -0.800. The van der Waals surface area contributed by atoms with Crippen molar-refractivity contribution >= 4 is 33.2 Å². The van der Waals surface area contributed by atoms with Gasteiger partial charge in [-0.1, -0.05) is 36.2 Å². The van der Waals surface area contributed by atoms with Crippen molar-refractivity contribution in [1.82, 2.24) is 4.72 Å². The number of nitriles is 1. The summed E-state index contributed by atoms with van der Waals surface area (Å²) < 4.78 is 26.4. The second-order valence-corrected chi connectivity index (χ2v) is 6.81. The van der Waals surface area contributed by atoms with Crippen molar-refractivity contribution < 1.29 is 8.42 Å². The van der Waals surface area contributed by atoms with Gasteiger partial charge in [-0.2, -0.15) is 5.26 Å². The Balaban J connectivity index is 2.97. The number of rotatable bonds is 5. The summed E-state index contributed by atoms with van der Waals surface area (Å²) in [7, 11) is -3.70. The molecule has 0 radical (unpaired) electrons. The summed E-state index contributed by atoms with van der Waals surface area (Å²) in [6.45, 7) is 3.31. The van der Waals surface area contributed by atoms with Gasteiger partial charge in [-0.15, -0.1) is 0 Å². The Morgan fingerprint density at radius 2 is 2.05 bits per heavy atom. The first-order valence-electron chi connectivity index (χ1n) is 5.67. The third-order valence-corrected chi connectivity index (χ3v) is 5.09. The highest BCUT2D eigenvalue weighted by molar-refractivity contribution is 7.90. The molecule has 0 bridgehead atoms. The van der Waals surface area contributed by atoms with Gasteiger partial charge in [-0.25, -0.2) is 13.1 Å². The van der Waals surface area contributed by atoms with Crippen molar-refractivity contribution in [2.75, 3.05) is 0 Å². The zero-order chi connectivity index (χ0) is 14.6. The predicted octanol–water partition coefficient (Wildman–Crippen LogP) is 3.28. The van der Waals surface area contributed by atoms with Crippen molar-refractivity contribution in [2.45, 2.75) is 31.6 Å². The fraction of sp³-hybridized carbons (Fsp3) is 0.417. The second kappa shape index (κ2) is 6.58. The maximum atomic E-state index is 12.0. The summed E-state index contributed by atoms with van der Waals surface area (Å²) in [5.41, 5.74) is 0.613. The molecule has 0 amide bonds. The predicted molar refractivity (Wildman–Crippen MR) is 76.6 cm³/mol. The van der Waals surface area contributed by atoms with Crippen molar-refractivity contribution in [3.05, 3.63) is 33.8 Å². The summed E-state index contributed by atoms with van der Waals surface area (Å²) in [6.07, 6.45) is 0.229. The van der Waals surface area contributed by atoms with Gasteiger partial charge in [0.15, 0.2) is 5.25 Å². The summed E-state index contributed by atoms with van der Waals surface area (Å²) in [5, 5.41) is 8.62. The van der Waals surface area contributed by atoms with E-state index in [4.69, 9.17) is 28.5 Å². The molecule has 0 saturated heterocycles. The Kier molecular flexibility index (Phi) is 5.63. The smallest absolute Gasteiger partial charge is 0.211 e. The van der Waals surface area contributed by atoms with Crippen LogP contribution in [0.4, 0.5) is 0 Å². The van der Waals surface area contributed by atoms with Gasteiger partial charge in [0.1, 0.15) is 0 Å². The quantitative estimate of drug-likeness (QED) is 0.905. The van der Waals surface area contributed by atoms with Crippen molar-refractivity contribution in [2.24, 2.45) is 0 Å². The molecule has 2 unspecified atom stereocenters. The van der Waals surface area contributed by atoms with E-state index in [1.54, 1.807) is 38.1 Å². The number of hydrogen-bond acceptors (Lipinski definition) is 3. The Bertz CT molecular complexity index is 596. The van der Waals surface area contributed by atoms with E-state index in [2.05, 4.69) is 4.72 Å². The molecular formula is C12H14Cl2N2O2S. The molecule has 0 saturated carbocycles. The van der Waals surface area contributed by atoms with E-state index >= 15 is 0 Å². The van der Waals surface area contributed by atoms with Crippen LogP contribution in [0.1, 0.15) is 31.9 Å². The zero-order valence-corrected chi connectivity index (χ0v) is 12.9. The third-order valence-electron chi connectivity index (χ3n) is 2.66. The molecule has 0 aliphatic heterocycles. The maximum Gasteiger partial charge on any atom is 0.228 e. The van der Waals surface area contributed by atoms with Crippen LogP contribution in [-0.4, -0.2) is 13.7 Å². The first-order valence-corrected chi connectivity index (χ1v) is 7.97. The topological polar surface area (TPSA) is 70.0 Å². The molecule has 104 valence electrons. The summed E-state index contributed by atoms with van der Waals surface area (Å²) in [4.78, 5) is 0. The lowest BCUT2D eigenvalue weighted by Crippen LogP contribution is -2.35. The van der Waals surface area contributed by atoms with Crippen LogP contribution in [-0.2, 0) is 10.0 Å². The lowest BCUT2D eigenvalue weighted by molar-refractivity contribution is 0.558. The molecule has 2 atom stereocenters. The monoisotopic (exact) mass is 320 g/mol. The summed E-state index contributed by atoms with van der Waals surface area (Å²) >= 11 is 11.8. The molecular weight excluding hydrogens is 307 g/mol. The van der Waals surface area contributed by atoms with E-state index in [0.29, 0.717) is 15.6 Å². The molecule has 7 heteroatoms. The minimum atomic E-state index is -3.70. The van der Waals surface area contributed by atoms with E-state index in [1.165, 1.54) is 0 Å². The van der Waals surface area contributed by atoms with E-state index in [1.807, 2.05) is 0 Å². The fourth-order valence-corrected chi connectivity index (χ4v) is 3.56. The summed E-state index contributed by atoms with van der Waals surface area (Å²) in [6, 6.07) is 6.08. The largest absolute Gasteiger partial charge is 0.228 e. The van der Waals surface area contributed by atoms with Crippen LogP contribution in [0, 0.1) is 11.3 Å². The Morgan fingerprint density at radius 1 is 1.42 bits per heavy atom. The van der Waals surface area contributed by atoms with E-state index in [-0.39, 0.29) is 6.42 Å². The highest BCUT2D eigenvalue weighted by Gasteiger charge is 2.26. The van der Waals surface area contributed by atoms with Gasteiger partial charge in [0.2, 0.25) is 10.0 Å². The minimum absolute atomic E-state index is 0.229. The average molecular weight is 321 g/mol. The van der Waals surface area contributed by atoms with Crippen LogP contribution >= 0.6 is 23.2 Å². The van der Waals surface area contributed by atoms with Gasteiger partial charge >= 0.3 is 0 Å². The van der Waals surface area contributed by atoms with Crippen LogP contribution in [0.3, 0.4) is 0 Å². The van der Waals surface area contributed by atoms with Crippen LogP contribution < -0.4 is 4.72 Å². The third kappa shape index (κ3) is 4.08. The first kappa shape index (κ1) is 16.3. The molecule has 0 heterocycles. The van der Waals surface area contributed by atoms with Gasteiger partial charge < -0.3 is 0 Å². The SMILES string of the molecule is CCC(C#N)S(=O)(=O)NC(C)c1ccc(Cl)cc1Cl. The number of nitrogens with zero attached hydrogens (tertiary/aromatic N) is 1. The van der Waals surface area contributed by atoms with Crippen LogP contribution in [0.2, 0.25) is 10.0 Å². The number of hydrogen-bond donors (Lipinski definition) is 1. The van der Waals surface area contributed by atoms with Gasteiger partial charge in [-0.3, -0.25) is 0 Å². The van der Waals surface area contributed by atoms with Crippen LogP contribution in [0.25, 0.3) is 0 Å². The zero-order valence-electron chi connectivity index (χ0n) is 10.5. The van der Waals surface area contributed by atoms with Crippen molar-refractivity contribution in [3.8, 4) is 6.07 Å². The molecule has 0 fully saturated rings. The van der Waals surface area contributed by atoms with Gasteiger partial charge in [0, 0.05) is 16.1 Å². The molecule has 0 aromatic heterocycles. The first-order chi connectivity index (χ1) is 8.81. The fourth-order valence-electron chi connectivity index (χ4n) is 1.62. The standard InChI is InChI=1S/C12H14Cl2N2O2S/c1-3-10(7-15)19(17,18)16-8(2)11-5-4-9(13)6-12(11)14/h4-6,8,10,16H,3H2,1-2H3. The summed E-state index contributed by atoms with van der Waals surface area (Å²) in [5.74, 6) is 0. The van der Waals surface area contributed by atoms with Crippen LogP contribution in [0.15, 0.2) is 18.2 Å². The minimum Gasteiger partial charge on any atom is -0.211 e. The average Bonchev–Trinajstić information content (AvgIpc) is 2.28. The van der Waals surface area contributed by atoms with Crippen molar-refractivity contribution in [1.29, 1.82) is 5.26 Å². The molecule has 0 spiro atoms. The van der Waals surface area contributed by atoms with Gasteiger partial charge in [0.05, 0.1) is 6.07 Å². The lowest BCUT2D eigenvalue weighted by Gasteiger charge is -2.17. The molecule has 19 heavy (non-hydrogen) atoms. The molecule has 1 rings (SSSR count). The van der Waals surface area contributed by atoms with Crippen LogP contribution in [0.5, 0.6) is 0 Å².